The van der Waals surface area contributed by atoms with Crippen LogP contribution in [0.15, 0.2) is 29.3 Å². The molecule has 0 aromatic heterocycles. The first-order chi connectivity index (χ1) is 10.7. The summed E-state index contributed by atoms with van der Waals surface area (Å²) in [6.45, 7) is 6.37. The average Bonchev–Trinajstić information content (AvgIpc) is 3.00. The van der Waals surface area contributed by atoms with E-state index in [9.17, 15) is 0 Å². The first-order valence-corrected chi connectivity index (χ1v) is 8.54. The zero-order valence-electron chi connectivity index (χ0n) is 13.6. The number of benzene rings is 1. The number of nitrogens with zero attached hydrogens (tertiary/aromatic N) is 2. The molecular formula is C17H27ClN4. The van der Waals surface area contributed by atoms with Crippen LogP contribution in [-0.2, 0) is 6.42 Å². The Morgan fingerprint density at radius 1 is 1.36 bits per heavy atom. The Morgan fingerprint density at radius 3 is 2.91 bits per heavy atom. The molecule has 0 radical (unpaired) electrons. The molecule has 0 spiro atoms. The number of rotatable bonds is 6. The third kappa shape index (κ3) is 4.89. The Hall–Kier alpha value is -1.26. The van der Waals surface area contributed by atoms with E-state index in [1.54, 1.807) is 0 Å². The minimum atomic E-state index is 0.632. The molecule has 0 saturated carbocycles. The summed E-state index contributed by atoms with van der Waals surface area (Å²) >= 11 is 6.17. The lowest BCUT2D eigenvalue weighted by atomic mass is 10.1. The SMILES string of the molecule is CCN1CCCC1CNC(=NC)NCCc1ccccc1Cl. The summed E-state index contributed by atoms with van der Waals surface area (Å²) in [5, 5.41) is 7.63. The maximum absolute atomic E-state index is 6.17. The lowest BCUT2D eigenvalue weighted by molar-refractivity contribution is 0.267. The molecular weight excluding hydrogens is 296 g/mol. The second kappa shape index (κ2) is 9.01. The monoisotopic (exact) mass is 322 g/mol. The molecule has 0 amide bonds. The van der Waals surface area contributed by atoms with Gasteiger partial charge in [-0.1, -0.05) is 36.7 Å². The molecule has 1 heterocycles. The fraction of sp³-hybridized carbons (Fsp3) is 0.588. The van der Waals surface area contributed by atoms with Gasteiger partial charge in [0.15, 0.2) is 5.96 Å². The molecule has 2 rings (SSSR count). The van der Waals surface area contributed by atoms with Gasteiger partial charge in [-0.05, 0) is 44.0 Å². The summed E-state index contributed by atoms with van der Waals surface area (Å²) in [6, 6.07) is 8.61. The summed E-state index contributed by atoms with van der Waals surface area (Å²) in [4.78, 5) is 6.83. The number of guanidine groups is 1. The third-order valence-corrected chi connectivity index (χ3v) is 4.65. The van der Waals surface area contributed by atoms with Gasteiger partial charge in [-0.3, -0.25) is 9.89 Å². The van der Waals surface area contributed by atoms with Gasteiger partial charge in [0.25, 0.3) is 0 Å². The van der Waals surface area contributed by atoms with Gasteiger partial charge in [0, 0.05) is 31.2 Å². The van der Waals surface area contributed by atoms with Gasteiger partial charge in [0.2, 0.25) is 0 Å². The van der Waals surface area contributed by atoms with Crippen molar-refractivity contribution in [3.8, 4) is 0 Å². The van der Waals surface area contributed by atoms with Gasteiger partial charge in [-0.15, -0.1) is 0 Å². The molecule has 1 aromatic rings. The van der Waals surface area contributed by atoms with Crippen LogP contribution in [0.2, 0.25) is 5.02 Å². The highest BCUT2D eigenvalue weighted by atomic mass is 35.5. The summed E-state index contributed by atoms with van der Waals surface area (Å²) < 4.78 is 0. The van der Waals surface area contributed by atoms with Crippen LogP contribution in [0.25, 0.3) is 0 Å². The summed E-state index contributed by atoms with van der Waals surface area (Å²) in [5.41, 5.74) is 1.17. The van der Waals surface area contributed by atoms with Crippen molar-refractivity contribution in [1.82, 2.24) is 15.5 Å². The van der Waals surface area contributed by atoms with Crippen LogP contribution in [0.5, 0.6) is 0 Å². The average molecular weight is 323 g/mol. The number of nitrogens with one attached hydrogen (secondary N) is 2. The van der Waals surface area contributed by atoms with E-state index in [4.69, 9.17) is 11.6 Å². The lowest BCUT2D eigenvalue weighted by Crippen LogP contribution is -2.45. The van der Waals surface area contributed by atoms with Crippen LogP contribution in [0.3, 0.4) is 0 Å². The Kier molecular flexibility index (Phi) is 7.00. The number of halogens is 1. The number of aliphatic imine (C=N–C) groups is 1. The highest BCUT2D eigenvalue weighted by Gasteiger charge is 2.22. The van der Waals surface area contributed by atoms with Crippen molar-refractivity contribution in [2.24, 2.45) is 4.99 Å². The molecule has 1 aromatic carbocycles. The standard InChI is InChI=1S/C17H27ClN4/c1-3-22-12-6-8-15(22)13-21-17(19-2)20-11-10-14-7-4-5-9-16(14)18/h4-5,7,9,15H,3,6,8,10-13H2,1-2H3,(H2,19,20,21). The van der Waals surface area contributed by atoms with Crippen LogP contribution in [0.1, 0.15) is 25.3 Å². The second-order valence-electron chi connectivity index (χ2n) is 5.65. The summed E-state index contributed by atoms with van der Waals surface area (Å²) in [5.74, 6) is 0.870. The van der Waals surface area contributed by atoms with E-state index in [0.717, 1.165) is 37.0 Å². The predicted molar refractivity (Wildman–Crippen MR) is 94.8 cm³/mol. The molecule has 1 fully saturated rings. The largest absolute Gasteiger partial charge is 0.356 e. The third-order valence-electron chi connectivity index (χ3n) is 4.28. The van der Waals surface area contributed by atoms with Crippen LogP contribution < -0.4 is 10.6 Å². The molecule has 1 unspecified atom stereocenters. The normalized spacial score (nSPS) is 19.4. The smallest absolute Gasteiger partial charge is 0.191 e. The fourth-order valence-corrected chi connectivity index (χ4v) is 3.22. The van der Waals surface area contributed by atoms with Crippen LogP contribution in [0, 0.1) is 0 Å². The van der Waals surface area contributed by atoms with Crippen molar-refractivity contribution in [2.75, 3.05) is 33.2 Å². The number of likely N-dealkylation sites (tertiary alicyclic amines) is 1. The molecule has 1 saturated heterocycles. The number of likely N-dealkylation sites (N-methyl/N-ethyl adjacent to an activating group) is 1. The molecule has 4 nitrogen and oxygen atoms in total. The predicted octanol–water partition coefficient (Wildman–Crippen LogP) is 2.53. The molecule has 1 atom stereocenters. The van der Waals surface area contributed by atoms with Crippen molar-refractivity contribution in [3.63, 3.8) is 0 Å². The van der Waals surface area contributed by atoms with E-state index in [-0.39, 0.29) is 0 Å². The molecule has 1 aliphatic rings. The van der Waals surface area contributed by atoms with E-state index in [0.29, 0.717) is 6.04 Å². The molecule has 122 valence electrons. The maximum Gasteiger partial charge on any atom is 0.191 e. The van der Waals surface area contributed by atoms with Crippen molar-refractivity contribution < 1.29 is 0 Å². The summed E-state index contributed by atoms with van der Waals surface area (Å²) in [6.07, 6.45) is 3.47. The van der Waals surface area contributed by atoms with Gasteiger partial charge in [0.05, 0.1) is 0 Å². The van der Waals surface area contributed by atoms with E-state index in [2.05, 4.69) is 33.5 Å². The topological polar surface area (TPSA) is 39.7 Å². The molecule has 2 N–H and O–H groups in total. The highest BCUT2D eigenvalue weighted by molar-refractivity contribution is 6.31. The minimum Gasteiger partial charge on any atom is -0.356 e. The maximum atomic E-state index is 6.17. The van der Waals surface area contributed by atoms with Crippen molar-refractivity contribution in [2.45, 2.75) is 32.2 Å². The van der Waals surface area contributed by atoms with Crippen molar-refractivity contribution in [3.05, 3.63) is 34.9 Å². The first kappa shape index (κ1) is 17.1. The molecule has 22 heavy (non-hydrogen) atoms. The Labute approximate surface area is 138 Å². The first-order valence-electron chi connectivity index (χ1n) is 8.16. The second-order valence-corrected chi connectivity index (χ2v) is 6.05. The zero-order chi connectivity index (χ0) is 15.8. The van der Waals surface area contributed by atoms with Gasteiger partial charge in [0.1, 0.15) is 0 Å². The van der Waals surface area contributed by atoms with E-state index in [1.165, 1.54) is 24.9 Å². The Balaban J connectivity index is 1.72. The molecule has 0 bridgehead atoms. The minimum absolute atomic E-state index is 0.632. The Bertz CT molecular complexity index is 489. The fourth-order valence-electron chi connectivity index (χ4n) is 2.99. The van der Waals surface area contributed by atoms with Gasteiger partial charge in [-0.2, -0.15) is 0 Å². The zero-order valence-corrected chi connectivity index (χ0v) is 14.4. The van der Waals surface area contributed by atoms with Gasteiger partial charge in [-0.25, -0.2) is 0 Å². The molecule has 5 heteroatoms. The van der Waals surface area contributed by atoms with Crippen molar-refractivity contribution in [1.29, 1.82) is 0 Å². The highest BCUT2D eigenvalue weighted by Crippen LogP contribution is 2.16. The van der Waals surface area contributed by atoms with Crippen LogP contribution in [0.4, 0.5) is 0 Å². The molecule has 0 aliphatic carbocycles. The number of hydrogen-bond donors (Lipinski definition) is 2. The van der Waals surface area contributed by atoms with Crippen LogP contribution >= 0.6 is 11.6 Å². The van der Waals surface area contributed by atoms with Crippen molar-refractivity contribution >= 4 is 17.6 Å². The van der Waals surface area contributed by atoms with Gasteiger partial charge >= 0.3 is 0 Å². The lowest BCUT2D eigenvalue weighted by Gasteiger charge is -2.24. The van der Waals surface area contributed by atoms with Crippen LogP contribution in [-0.4, -0.2) is 50.1 Å². The number of hydrogen-bond acceptors (Lipinski definition) is 2. The van der Waals surface area contributed by atoms with E-state index < -0.39 is 0 Å². The molecule has 1 aliphatic heterocycles. The quantitative estimate of drug-likeness (QED) is 0.624. The Morgan fingerprint density at radius 2 is 2.18 bits per heavy atom. The van der Waals surface area contributed by atoms with E-state index >= 15 is 0 Å². The van der Waals surface area contributed by atoms with Gasteiger partial charge < -0.3 is 10.6 Å². The van der Waals surface area contributed by atoms with E-state index in [1.807, 2.05) is 25.2 Å². The summed E-state index contributed by atoms with van der Waals surface area (Å²) in [7, 11) is 1.82.